The number of halogens is 1. The maximum atomic E-state index is 12.6. The summed E-state index contributed by atoms with van der Waals surface area (Å²) in [5, 5.41) is 9.33. The highest BCUT2D eigenvalue weighted by Crippen LogP contribution is 2.29. The second-order valence-corrected chi connectivity index (χ2v) is 6.44. The van der Waals surface area contributed by atoms with Crippen LogP contribution in [0.25, 0.3) is 0 Å². The first-order valence-corrected chi connectivity index (χ1v) is 8.30. The van der Waals surface area contributed by atoms with E-state index in [4.69, 9.17) is 22.6 Å². The minimum Gasteiger partial charge on any atom is -0.398 e. The number of nitrogen functional groups attached to an aromatic ring is 1. The Morgan fingerprint density at radius 1 is 1.17 bits per heavy atom. The van der Waals surface area contributed by atoms with Crippen LogP contribution >= 0.6 is 11.6 Å². The third-order valence-corrected chi connectivity index (χ3v) is 4.88. The highest BCUT2D eigenvalue weighted by molar-refractivity contribution is 6.33. The molecule has 0 aliphatic carbocycles. The lowest BCUT2D eigenvalue weighted by Crippen LogP contribution is -2.37. The number of anilines is 1. The maximum absolute atomic E-state index is 12.6. The van der Waals surface area contributed by atoms with Crippen molar-refractivity contribution in [1.82, 2.24) is 4.90 Å². The predicted octanol–water partition coefficient (Wildman–Crippen LogP) is 3.81. The number of rotatable bonds is 2. The van der Waals surface area contributed by atoms with Gasteiger partial charge in [0.25, 0.3) is 5.91 Å². The Morgan fingerprint density at radius 3 is 2.42 bits per heavy atom. The highest BCUT2D eigenvalue weighted by Gasteiger charge is 2.24. The fourth-order valence-corrected chi connectivity index (χ4v) is 3.22. The molecular formula is C19H18ClN3O. The molecule has 0 spiro atoms. The lowest BCUT2D eigenvalue weighted by atomic mass is 9.89. The summed E-state index contributed by atoms with van der Waals surface area (Å²) in [5.41, 5.74) is 8.69. The van der Waals surface area contributed by atoms with Crippen LogP contribution in [0.5, 0.6) is 0 Å². The van der Waals surface area contributed by atoms with Crippen LogP contribution < -0.4 is 5.73 Å². The molecule has 0 saturated carbocycles. The van der Waals surface area contributed by atoms with E-state index < -0.39 is 0 Å². The van der Waals surface area contributed by atoms with E-state index in [0.717, 1.165) is 12.8 Å². The standard InChI is InChI=1S/C19H18ClN3O/c20-17-6-5-16(11-18(17)22)19(24)23-9-7-15(8-10-23)14-3-1-13(12-21)2-4-14/h1-6,11,15H,7-10,22H2. The van der Waals surface area contributed by atoms with Crippen molar-refractivity contribution in [3.63, 3.8) is 0 Å². The average Bonchev–Trinajstić information content (AvgIpc) is 2.63. The van der Waals surface area contributed by atoms with E-state index in [9.17, 15) is 4.79 Å². The summed E-state index contributed by atoms with van der Waals surface area (Å²) in [7, 11) is 0. The van der Waals surface area contributed by atoms with Crippen LogP contribution in [0, 0.1) is 11.3 Å². The van der Waals surface area contributed by atoms with Gasteiger partial charge in [0.05, 0.1) is 22.3 Å². The molecule has 2 N–H and O–H groups in total. The van der Waals surface area contributed by atoms with Gasteiger partial charge in [0, 0.05) is 18.7 Å². The molecule has 1 fully saturated rings. The highest BCUT2D eigenvalue weighted by atomic mass is 35.5. The van der Waals surface area contributed by atoms with E-state index in [2.05, 4.69) is 6.07 Å². The van der Waals surface area contributed by atoms with Gasteiger partial charge in [0.1, 0.15) is 0 Å². The minimum atomic E-state index is -0.00311. The molecule has 122 valence electrons. The van der Waals surface area contributed by atoms with E-state index in [1.54, 1.807) is 18.2 Å². The Balaban J connectivity index is 1.64. The zero-order valence-electron chi connectivity index (χ0n) is 13.2. The molecule has 1 aliphatic heterocycles. The van der Waals surface area contributed by atoms with Crippen molar-refractivity contribution >= 4 is 23.2 Å². The average molecular weight is 340 g/mol. The predicted molar refractivity (Wildman–Crippen MR) is 94.9 cm³/mol. The van der Waals surface area contributed by atoms with Crippen molar-refractivity contribution in [2.24, 2.45) is 0 Å². The first-order chi connectivity index (χ1) is 11.6. The van der Waals surface area contributed by atoms with Gasteiger partial charge in [-0.15, -0.1) is 0 Å². The lowest BCUT2D eigenvalue weighted by Gasteiger charge is -2.32. The van der Waals surface area contributed by atoms with Gasteiger partial charge in [-0.25, -0.2) is 0 Å². The molecule has 1 heterocycles. The van der Waals surface area contributed by atoms with Gasteiger partial charge in [0.2, 0.25) is 0 Å². The number of piperidine rings is 1. The van der Waals surface area contributed by atoms with Crippen LogP contribution in [0.4, 0.5) is 5.69 Å². The molecule has 2 aromatic carbocycles. The lowest BCUT2D eigenvalue weighted by molar-refractivity contribution is 0.0713. The van der Waals surface area contributed by atoms with E-state index in [1.165, 1.54) is 5.56 Å². The maximum Gasteiger partial charge on any atom is 0.253 e. The van der Waals surface area contributed by atoms with Crippen molar-refractivity contribution in [2.45, 2.75) is 18.8 Å². The van der Waals surface area contributed by atoms with Gasteiger partial charge >= 0.3 is 0 Å². The van der Waals surface area contributed by atoms with Crippen LogP contribution in [-0.2, 0) is 0 Å². The minimum absolute atomic E-state index is 0.00311. The summed E-state index contributed by atoms with van der Waals surface area (Å²) in [4.78, 5) is 14.4. The Labute approximate surface area is 146 Å². The van der Waals surface area contributed by atoms with Crippen molar-refractivity contribution in [3.8, 4) is 6.07 Å². The topological polar surface area (TPSA) is 70.1 Å². The summed E-state index contributed by atoms with van der Waals surface area (Å²) in [6, 6.07) is 14.9. The molecule has 24 heavy (non-hydrogen) atoms. The number of nitriles is 1. The van der Waals surface area contributed by atoms with Crippen molar-refractivity contribution in [1.29, 1.82) is 5.26 Å². The third kappa shape index (κ3) is 3.37. The summed E-state index contributed by atoms with van der Waals surface area (Å²) in [6.45, 7) is 1.43. The molecule has 0 bridgehead atoms. The summed E-state index contributed by atoms with van der Waals surface area (Å²) >= 11 is 5.91. The Hall–Kier alpha value is -2.51. The molecule has 2 aromatic rings. The van der Waals surface area contributed by atoms with Gasteiger partial charge in [-0.1, -0.05) is 23.7 Å². The molecule has 5 heteroatoms. The SMILES string of the molecule is N#Cc1ccc(C2CCN(C(=O)c3ccc(Cl)c(N)c3)CC2)cc1. The quantitative estimate of drug-likeness (QED) is 0.846. The molecular weight excluding hydrogens is 322 g/mol. The van der Waals surface area contributed by atoms with Crippen LogP contribution in [0.1, 0.15) is 40.2 Å². The number of hydrogen-bond donors (Lipinski definition) is 1. The summed E-state index contributed by atoms with van der Waals surface area (Å²) < 4.78 is 0. The molecule has 0 unspecified atom stereocenters. The van der Waals surface area contributed by atoms with E-state index in [1.807, 2.05) is 29.2 Å². The number of benzene rings is 2. The fourth-order valence-electron chi connectivity index (χ4n) is 3.11. The van der Waals surface area contributed by atoms with E-state index >= 15 is 0 Å². The van der Waals surface area contributed by atoms with Gasteiger partial charge in [-0.05, 0) is 54.7 Å². The molecule has 1 saturated heterocycles. The van der Waals surface area contributed by atoms with Crippen LogP contribution in [0.2, 0.25) is 5.02 Å². The number of amides is 1. The molecule has 3 rings (SSSR count). The normalized spacial score (nSPS) is 15.1. The number of nitrogens with zero attached hydrogens (tertiary/aromatic N) is 2. The van der Waals surface area contributed by atoms with Crippen molar-refractivity contribution in [2.75, 3.05) is 18.8 Å². The zero-order chi connectivity index (χ0) is 17.1. The zero-order valence-corrected chi connectivity index (χ0v) is 14.0. The molecule has 0 atom stereocenters. The first-order valence-electron chi connectivity index (χ1n) is 7.93. The van der Waals surface area contributed by atoms with E-state index in [-0.39, 0.29) is 5.91 Å². The van der Waals surface area contributed by atoms with E-state index in [0.29, 0.717) is 40.8 Å². The monoisotopic (exact) mass is 339 g/mol. The number of hydrogen-bond acceptors (Lipinski definition) is 3. The van der Waals surface area contributed by atoms with Crippen LogP contribution in [-0.4, -0.2) is 23.9 Å². The van der Waals surface area contributed by atoms with Gasteiger partial charge in [-0.3, -0.25) is 4.79 Å². The molecule has 0 aromatic heterocycles. The summed E-state index contributed by atoms with van der Waals surface area (Å²) in [5.74, 6) is 0.425. The molecule has 4 nitrogen and oxygen atoms in total. The number of nitrogens with two attached hydrogens (primary N) is 1. The second-order valence-electron chi connectivity index (χ2n) is 6.04. The summed E-state index contributed by atoms with van der Waals surface area (Å²) in [6.07, 6.45) is 1.83. The fraction of sp³-hybridized carbons (Fsp3) is 0.263. The Morgan fingerprint density at radius 2 is 1.83 bits per heavy atom. The van der Waals surface area contributed by atoms with Crippen molar-refractivity contribution < 1.29 is 4.79 Å². The van der Waals surface area contributed by atoms with Crippen molar-refractivity contribution in [3.05, 3.63) is 64.2 Å². The third-order valence-electron chi connectivity index (χ3n) is 4.54. The molecule has 1 amide bonds. The van der Waals surface area contributed by atoms with Gasteiger partial charge in [-0.2, -0.15) is 5.26 Å². The number of carbonyl (C=O) groups excluding carboxylic acids is 1. The van der Waals surface area contributed by atoms with Gasteiger partial charge in [0.15, 0.2) is 0 Å². The number of likely N-dealkylation sites (tertiary alicyclic amines) is 1. The van der Waals surface area contributed by atoms with Crippen LogP contribution in [0.15, 0.2) is 42.5 Å². The first kappa shape index (κ1) is 16.4. The van der Waals surface area contributed by atoms with Crippen LogP contribution in [0.3, 0.4) is 0 Å². The number of carbonyl (C=O) groups is 1. The molecule has 1 aliphatic rings. The second kappa shape index (κ2) is 6.94. The van der Waals surface area contributed by atoms with Gasteiger partial charge < -0.3 is 10.6 Å². The smallest absolute Gasteiger partial charge is 0.253 e. The Kier molecular flexibility index (Phi) is 4.73. The largest absolute Gasteiger partial charge is 0.398 e. The molecule has 0 radical (unpaired) electrons. The Bertz CT molecular complexity index is 787.